The van der Waals surface area contributed by atoms with Crippen LogP contribution in [-0.4, -0.2) is 105 Å². The predicted octanol–water partition coefficient (Wildman–Crippen LogP) is 2.58. The van der Waals surface area contributed by atoms with Gasteiger partial charge in [-0.3, -0.25) is 19.1 Å². The molecule has 46 heavy (non-hydrogen) atoms. The Labute approximate surface area is 270 Å². The van der Waals surface area contributed by atoms with Gasteiger partial charge in [0.25, 0.3) is 0 Å². The fraction of sp³-hybridized carbons (Fsp3) is 0.606. The average molecular weight is 637 g/mol. The lowest BCUT2D eigenvalue weighted by Crippen LogP contribution is -2.47. The number of aromatic nitrogens is 4. The summed E-state index contributed by atoms with van der Waals surface area (Å²) < 4.78 is 12.0. The van der Waals surface area contributed by atoms with E-state index in [0.29, 0.717) is 56.4 Å². The van der Waals surface area contributed by atoms with Gasteiger partial charge in [-0.15, -0.1) is 0 Å². The van der Waals surface area contributed by atoms with Crippen molar-refractivity contribution in [3.05, 3.63) is 45.9 Å². The maximum atomic E-state index is 13.8. The normalized spacial score (nSPS) is 16.2. The molecule has 0 saturated carbocycles. The second-order valence-corrected chi connectivity index (χ2v) is 12.4. The fourth-order valence-electron chi connectivity index (χ4n) is 6.38. The van der Waals surface area contributed by atoms with Crippen molar-refractivity contribution in [1.82, 2.24) is 34.2 Å². The van der Waals surface area contributed by atoms with Gasteiger partial charge in [0.2, 0.25) is 5.91 Å². The van der Waals surface area contributed by atoms with Crippen LogP contribution >= 0.6 is 0 Å². The number of benzene rings is 1. The number of methoxy groups -OCH3 is 1. The summed E-state index contributed by atoms with van der Waals surface area (Å²) >= 11 is 0. The van der Waals surface area contributed by atoms with Gasteiger partial charge in [0.1, 0.15) is 5.52 Å². The number of rotatable bonds is 15. The van der Waals surface area contributed by atoms with Crippen LogP contribution in [0.25, 0.3) is 11.2 Å². The van der Waals surface area contributed by atoms with Crippen molar-refractivity contribution in [2.24, 2.45) is 0 Å². The van der Waals surface area contributed by atoms with E-state index in [4.69, 9.17) is 15.2 Å². The van der Waals surface area contributed by atoms with Gasteiger partial charge in [-0.05, 0) is 62.7 Å². The molecule has 13 nitrogen and oxygen atoms in total. The van der Waals surface area contributed by atoms with E-state index in [-0.39, 0.29) is 35.8 Å². The molecule has 3 aromatic rings. The number of anilines is 1. The van der Waals surface area contributed by atoms with Gasteiger partial charge in [0.05, 0.1) is 26.7 Å². The van der Waals surface area contributed by atoms with Gasteiger partial charge in [0.15, 0.2) is 11.5 Å². The lowest BCUT2D eigenvalue weighted by atomic mass is 10.0. The zero-order chi connectivity index (χ0) is 32.5. The predicted molar refractivity (Wildman–Crippen MR) is 175 cm³/mol. The number of nitrogen functional groups attached to an aromatic ring is 1. The number of hydrogen-bond acceptors (Lipinski definition) is 10. The van der Waals surface area contributed by atoms with Crippen LogP contribution in [0.15, 0.2) is 29.1 Å². The summed E-state index contributed by atoms with van der Waals surface area (Å²) in [6.07, 6.45) is 7.32. The topological polar surface area (TPSA) is 152 Å². The van der Waals surface area contributed by atoms with Gasteiger partial charge >= 0.3 is 17.7 Å². The monoisotopic (exact) mass is 636 g/mol. The van der Waals surface area contributed by atoms with Crippen molar-refractivity contribution < 1.29 is 19.1 Å². The Morgan fingerprint density at radius 1 is 1.04 bits per heavy atom. The highest BCUT2D eigenvalue weighted by molar-refractivity contribution is 5.82. The lowest BCUT2D eigenvalue weighted by Gasteiger charge is -2.37. The number of likely N-dealkylation sites (tertiary alicyclic amines) is 2. The molecule has 0 radical (unpaired) electrons. The van der Waals surface area contributed by atoms with Crippen molar-refractivity contribution >= 4 is 28.9 Å². The van der Waals surface area contributed by atoms with E-state index in [1.807, 2.05) is 29.2 Å². The van der Waals surface area contributed by atoms with Crippen molar-refractivity contribution in [3.63, 3.8) is 0 Å². The number of hydrogen-bond donors (Lipinski definition) is 2. The number of imidazole rings is 1. The van der Waals surface area contributed by atoms with Crippen LogP contribution in [0.3, 0.4) is 0 Å². The number of fused-ring (bicyclic) bond motifs is 1. The molecular weight excluding hydrogens is 588 g/mol. The molecule has 1 aromatic carbocycles. The molecule has 3 N–H and O–H groups in total. The number of nitrogens with zero attached hydrogens (tertiary/aromatic N) is 6. The van der Waals surface area contributed by atoms with E-state index in [0.717, 1.165) is 49.9 Å². The van der Waals surface area contributed by atoms with Crippen LogP contribution in [0.1, 0.15) is 63.0 Å². The second-order valence-electron chi connectivity index (χ2n) is 12.4. The minimum atomic E-state index is -0.332. The van der Waals surface area contributed by atoms with Gasteiger partial charge in [-0.1, -0.05) is 37.6 Å². The quantitative estimate of drug-likeness (QED) is 0.188. The average Bonchev–Trinajstić information content (AvgIpc) is 3.70. The van der Waals surface area contributed by atoms with Crippen molar-refractivity contribution in [3.8, 4) is 6.01 Å². The van der Waals surface area contributed by atoms with E-state index in [9.17, 15) is 14.4 Å². The molecule has 13 heteroatoms. The molecule has 1 amide bonds. The largest absolute Gasteiger partial charge is 0.469 e. The molecule has 250 valence electrons. The molecule has 0 bridgehead atoms. The van der Waals surface area contributed by atoms with Crippen LogP contribution in [0, 0.1) is 0 Å². The summed E-state index contributed by atoms with van der Waals surface area (Å²) in [6, 6.07) is 8.46. The zero-order valence-electron chi connectivity index (χ0n) is 27.2. The second kappa shape index (κ2) is 16.0. The summed E-state index contributed by atoms with van der Waals surface area (Å²) in [5.74, 6) is -0.0757. The first-order valence-corrected chi connectivity index (χ1v) is 16.6. The lowest BCUT2D eigenvalue weighted by molar-refractivity contribution is -0.139. The van der Waals surface area contributed by atoms with Crippen LogP contribution in [0.2, 0.25) is 0 Å². The highest BCUT2D eigenvalue weighted by atomic mass is 16.5. The number of aryl methyl sites for hydroxylation is 1. The zero-order valence-corrected chi connectivity index (χ0v) is 27.2. The van der Waals surface area contributed by atoms with Gasteiger partial charge in [-0.2, -0.15) is 9.97 Å². The highest BCUT2D eigenvalue weighted by Gasteiger charge is 2.28. The smallest absolute Gasteiger partial charge is 0.327 e. The molecule has 2 fully saturated rings. The van der Waals surface area contributed by atoms with E-state index in [1.54, 1.807) is 0 Å². The number of piperidine rings is 1. The van der Waals surface area contributed by atoms with Crippen molar-refractivity contribution in [1.29, 1.82) is 0 Å². The fourth-order valence-corrected chi connectivity index (χ4v) is 6.38. The SMILES string of the molecule is CCCCOc1nc(N)c2[nH]c(=O)n(CCCN(Cc3ccc(CC(=O)OC)cc3)C(=O)CN3CCC(N4CCCC4)CC3)c2n1. The Kier molecular flexibility index (Phi) is 11.6. The third-order valence-corrected chi connectivity index (χ3v) is 9.07. The standard InChI is InChI=1S/C33H48N8O5/c1-3-4-20-46-32-36-30(34)29-31(37-32)41(33(44)35-29)17-7-16-40(22-25-10-8-24(9-11-25)21-28(43)45-2)27(42)23-38-18-12-26(13-19-38)39-14-5-6-15-39/h8-11,26H,3-7,12-23H2,1-2H3,(H,35,44)(H2,34,36,37). The van der Waals surface area contributed by atoms with Crippen LogP contribution in [0.4, 0.5) is 5.82 Å². The molecule has 2 aliphatic heterocycles. The number of carbonyl (C=O) groups excluding carboxylic acids is 2. The summed E-state index contributed by atoms with van der Waals surface area (Å²) in [6.45, 7) is 8.33. The molecule has 0 atom stereocenters. The Morgan fingerprint density at radius 3 is 2.46 bits per heavy atom. The van der Waals surface area contributed by atoms with Crippen LogP contribution < -0.4 is 16.2 Å². The molecule has 2 aliphatic rings. The van der Waals surface area contributed by atoms with Crippen molar-refractivity contribution in [2.75, 3.05) is 58.7 Å². The minimum absolute atomic E-state index is 0.0581. The van der Waals surface area contributed by atoms with E-state index < -0.39 is 0 Å². The Morgan fingerprint density at radius 2 is 1.76 bits per heavy atom. The number of carbonyl (C=O) groups is 2. The number of H-pyrrole nitrogens is 1. The first-order chi connectivity index (χ1) is 22.3. The van der Waals surface area contributed by atoms with Gasteiger partial charge < -0.3 is 30.0 Å². The maximum Gasteiger partial charge on any atom is 0.327 e. The molecule has 4 heterocycles. The molecule has 2 aromatic heterocycles. The summed E-state index contributed by atoms with van der Waals surface area (Å²) in [4.78, 5) is 56.6. The summed E-state index contributed by atoms with van der Waals surface area (Å²) in [7, 11) is 1.38. The molecule has 2 saturated heterocycles. The molecule has 0 spiro atoms. The molecule has 0 unspecified atom stereocenters. The molecule has 5 rings (SSSR count). The number of ether oxygens (including phenoxy) is 2. The van der Waals surface area contributed by atoms with E-state index >= 15 is 0 Å². The maximum absolute atomic E-state index is 13.8. The number of amides is 1. The molecular formula is C33H48N8O5. The summed E-state index contributed by atoms with van der Waals surface area (Å²) in [5, 5.41) is 0. The third-order valence-electron chi connectivity index (χ3n) is 9.07. The Balaban J connectivity index is 1.25. The Bertz CT molecular complexity index is 1510. The minimum Gasteiger partial charge on any atom is -0.469 e. The van der Waals surface area contributed by atoms with Gasteiger partial charge in [-0.25, -0.2) is 4.79 Å². The van der Waals surface area contributed by atoms with E-state index in [2.05, 4.69) is 31.7 Å². The Hall–Kier alpha value is -3.97. The first kappa shape index (κ1) is 33.4. The third kappa shape index (κ3) is 8.64. The van der Waals surface area contributed by atoms with Gasteiger partial charge in [0, 0.05) is 38.8 Å². The van der Waals surface area contributed by atoms with Crippen LogP contribution in [0.5, 0.6) is 6.01 Å². The van der Waals surface area contributed by atoms with Crippen molar-refractivity contribution in [2.45, 2.75) is 77.4 Å². The number of nitrogens with one attached hydrogen (secondary N) is 1. The first-order valence-electron chi connectivity index (χ1n) is 16.6. The van der Waals surface area contributed by atoms with E-state index in [1.165, 1.54) is 37.6 Å². The molecule has 0 aliphatic carbocycles. The number of esters is 1. The van der Waals surface area contributed by atoms with Crippen LogP contribution in [-0.2, 0) is 33.8 Å². The highest BCUT2D eigenvalue weighted by Crippen LogP contribution is 2.22. The number of nitrogens with two attached hydrogens (primary N) is 1. The number of aromatic amines is 1. The number of unbranched alkanes of at least 4 members (excludes halogenated alkanes) is 1. The summed E-state index contributed by atoms with van der Waals surface area (Å²) in [5.41, 5.74) is 8.38.